The minimum Gasteiger partial charge on any atom is -0.479 e. The number of carboxylic acids is 1. The van der Waals surface area contributed by atoms with Gasteiger partial charge < -0.3 is 49.7 Å². The fourth-order valence-corrected chi connectivity index (χ4v) is 5.25. The highest BCUT2D eigenvalue weighted by atomic mass is 31.2. The van der Waals surface area contributed by atoms with Crippen LogP contribution >= 0.6 is 7.60 Å². The number of hydrogen-bond donors (Lipinski definition) is 7. The van der Waals surface area contributed by atoms with Crippen LogP contribution in [-0.2, 0) is 29.9 Å². The first-order valence-corrected chi connectivity index (χ1v) is 12.3. The monoisotopic (exact) mass is 538 g/mol. The van der Waals surface area contributed by atoms with Gasteiger partial charge in [0.1, 0.15) is 31.1 Å². The maximum Gasteiger partial charge on any atom is 0.364 e. The number of aliphatic hydroxyl groups is 5. The van der Waals surface area contributed by atoms with Gasteiger partial charge in [-0.15, -0.1) is 10.2 Å². The van der Waals surface area contributed by atoms with Crippen molar-refractivity contribution in [2.24, 2.45) is 0 Å². The number of hydrogen-bond acceptors (Lipinski definition) is 15. The van der Waals surface area contributed by atoms with Gasteiger partial charge in [-0.1, -0.05) is 5.21 Å². The Kier molecular flexibility index (Phi) is 8.75. The molecule has 1 aliphatic heterocycles. The van der Waals surface area contributed by atoms with Gasteiger partial charge in [-0.05, 0) is 13.8 Å². The molecule has 36 heavy (non-hydrogen) atoms. The summed E-state index contributed by atoms with van der Waals surface area (Å²) in [6.45, 7) is 1.03. The van der Waals surface area contributed by atoms with Crippen LogP contribution in [0.4, 0.5) is 5.82 Å². The maximum atomic E-state index is 13.2. The Morgan fingerprint density at radius 1 is 1.17 bits per heavy atom. The summed E-state index contributed by atoms with van der Waals surface area (Å²) in [6, 6.07) is 0. The topological polar surface area (TPSA) is 261 Å². The lowest BCUT2D eigenvalue weighted by Crippen LogP contribution is -2.58. The number of fused-ring (bicyclic) bond motifs is 1. The molecule has 0 bridgehead atoms. The van der Waals surface area contributed by atoms with Crippen LogP contribution in [0, 0.1) is 0 Å². The number of aromatic nitrogens is 5. The standard InChI is InChI=1S/C17H27N6O12P/c1-3-33-36(32,34-4-2)14(17(30)31)18-13-8-9(22(6-25)20-13)15(29)23(21-19-8)16-12(28)11(27)10(26)7(5-24)35-16/h7,10-12,14,16,24-28H,3-6H2,1-2H3,(H,18,20)(H,30,31). The fraction of sp³-hybridized carbons (Fsp3) is 0.706. The van der Waals surface area contributed by atoms with E-state index in [0.29, 0.717) is 4.68 Å². The van der Waals surface area contributed by atoms with E-state index in [1.54, 1.807) is 0 Å². The highest BCUT2D eigenvalue weighted by molar-refractivity contribution is 7.55. The molecule has 1 saturated heterocycles. The molecule has 19 heteroatoms. The van der Waals surface area contributed by atoms with Gasteiger partial charge in [0, 0.05) is 0 Å². The van der Waals surface area contributed by atoms with Crippen molar-refractivity contribution in [2.75, 3.05) is 25.1 Å². The summed E-state index contributed by atoms with van der Waals surface area (Å²) in [5.41, 5.74) is -1.83. The number of ether oxygens (including phenoxy) is 1. The SMILES string of the molecule is CCOP(=O)(OCC)C(Nc1nn(CO)c2c(=O)n(C3OC(CO)C(O)C(O)C3O)nnc12)C(=O)O. The third-order valence-electron chi connectivity index (χ3n) is 5.26. The molecule has 3 rings (SSSR count). The van der Waals surface area contributed by atoms with Gasteiger partial charge in [-0.2, -0.15) is 4.68 Å². The van der Waals surface area contributed by atoms with Gasteiger partial charge >= 0.3 is 13.6 Å². The molecular weight excluding hydrogens is 511 g/mol. The molecule has 6 atom stereocenters. The van der Waals surface area contributed by atoms with Crippen LogP contribution in [0.3, 0.4) is 0 Å². The second-order valence-corrected chi connectivity index (χ2v) is 9.62. The van der Waals surface area contributed by atoms with Crippen molar-refractivity contribution < 1.29 is 53.8 Å². The molecule has 0 amide bonds. The van der Waals surface area contributed by atoms with Crippen molar-refractivity contribution in [3.63, 3.8) is 0 Å². The molecule has 2 aromatic heterocycles. The molecule has 202 valence electrons. The number of rotatable bonds is 11. The van der Waals surface area contributed by atoms with Gasteiger partial charge in [-0.3, -0.25) is 9.36 Å². The minimum absolute atomic E-state index is 0.141. The van der Waals surface area contributed by atoms with Gasteiger partial charge in [0.25, 0.3) is 5.56 Å². The van der Waals surface area contributed by atoms with E-state index in [0.717, 1.165) is 4.68 Å². The molecule has 18 nitrogen and oxygen atoms in total. The van der Waals surface area contributed by atoms with E-state index >= 15 is 0 Å². The Morgan fingerprint density at radius 3 is 2.33 bits per heavy atom. The molecule has 0 saturated carbocycles. The van der Waals surface area contributed by atoms with Crippen LogP contribution in [0.15, 0.2) is 4.79 Å². The molecule has 3 heterocycles. The van der Waals surface area contributed by atoms with E-state index in [1.807, 2.05) is 0 Å². The van der Waals surface area contributed by atoms with Crippen molar-refractivity contribution in [2.45, 2.75) is 57.0 Å². The number of aliphatic hydroxyl groups excluding tert-OH is 5. The Bertz CT molecular complexity index is 1180. The van der Waals surface area contributed by atoms with Crippen LogP contribution in [0.25, 0.3) is 11.0 Å². The van der Waals surface area contributed by atoms with E-state index in [4.69, 9.17) is 13.8 Å². The van der Waals surface area contributed by atoms with E-state index in [-0.39, 0.29) is 18.7 Å². The van der Waals surface area contributed by atoms with Crippen molar-refractivity contribution in [3.05, 3.63) is 10.4 Å². The molecule has 7 N–H and O–H groups in total. The van der Waals surface area contributed by atoms with Crippen molar-refractivity contribution in [3.8, 4) is 0 Å². The molecule has 1 aliphatic rings. The number of anilines is 1. The van der Waals surface area contributed by atoms with Crippen molar-refractivity contribution in [1.29, 1.82) is 0 Å². The normalized spacial score (nSPS) is 25.7. The van der Waals surface area contributed by atoms with Crippen LogP contribution < -0.4 is 10.9 Å². The number of nitrogens with one attached hydrogen (secondary N) is 1. The molecule has 0 radical (unpaired) electrons. The lowest BCUT2D eigenvalue weighted by atomic mass is 9.98. The summed E-state index contributed by atoms with van der Waals surface area (Å²) in [6.07, 6.45) is -8.42. The zero-order valence-corrected chi connectivity index (χ0v) is 20.0. The predicted octanol–water partition coefficient (Wildman–Crippen LogP) is -3.00. The lowest BCUT2D eigenvalue weighted by molar-refractivity contribution is -0.255. The average Bonchev–Trinajstić information content (AvgIpc) is 3.20. The van der Waals surface area contributed by atoms with E-state index in [1.165, 1.54) is 13.8 Å². The Morgan fingerprint density at radius 2 is 1.81 bits per heavy atom. The molecular formula is C17H27N6O12P. The fourth-order valence-electron chi connectivity index (χ4n) is 3.60. The first kappa shape index (κ1) is 28.0. The number of carbonyl (C=O) groups is 1. The van der Waals surface area contributed by atoms with Crippen LogP contribution in [0.5, 0.6) is 0 Å². The lowest BCUT2D eigenvalue weighted by Gasteiger charge is -2.39. The van der Waals surface area contributed by atoms with Crippen LogP contribution in [0.2, 0.25) is 0 Å². The van der Waals surface area contributed by atoms with Crippen molar-refractivity contribution in [1.82, 2.24) is 24.8 Å². The third-order valence-corrected chi connectivity index (χ3v) is 7.48. The van der Waals surface area contributed by atoms with Gasteiger partial charge in [0.05, 0.1) is 19.8 Å². The van der Waals surface area contributed by atoms with Crippen molar-refractivity contribution >= 4 is 30.4 Å². The minimum atomic E-state index is -4.29. The summed E-state index contributed by atoms with van der Waals surface area (Å²) in [5, 5.41) is 72.8. The average molecular weight is 538 g/mol. The molecule has 2 aromatic rings. The Hall–Kier alpha value is -2.54. The van der Waals surface area contributed by atoms with E-state index < -0.39 is 80.2 Å². The highest BCUT2D eigenvalue weighted by Crippen LogP contribution is 2.53. The first-order chi connectivity index (χ1) is 17.0. The summed E-state index contributed by atoms with van der Waals surface area (Å²) in [5.74, 6) is -4.01. The summed E-state index contributed by atoms with van der Waals surface area (Å²) in [7, 11) is -4.29. The second-order valence-electron chi connectivity index (χ2n) is 7.51. The molecule has 0 aliphatic carbocycles. The molecule has 0 aromatic carbocycles. The number of aliphatic carboxylic acids is 1. The maximum absolute atomic E-state index is 13.2. The zero-order valence-electron chi connectivity index (χ0n) is 19.1. The second kappa shape index (κ2) is 11.2. The highest BCUT2D eigenvalue weighted by Gasteiger charge is 2.46. The Labute approximate surface area is 202 Å². The third kappa shape index (κ3) is 4.99. The first-order valence-electron chi connectivity index (χ1n) is 10.7. The van der Waals surface area contributed by atoms with Gasteiger partial charge in [0.2, 0.25) is 5.78 Å². The summed E-state index contributed by atoms with van der Waals surface area (Å²) < 4.78 is 29.8. The zero-order chi connectivity index (χ0) is 26.8. The predicted molar refractivity (Wildman–Crippen MR) is 117 cm³/mol. The van der Waals surface area contributed by atoms with E-state index in [9.17, 15) is 44.8 Å². The largest absolute Gasteiger partial charge is 0.479 e. The van der Waals surface area contributed by atoms with Crippen LogP contribution in [0.1, 0.15) is 20.1 Å². The summed E-state index contributed by atoms with van der Waals surface area (Å²) in [4.78, 5) is 25.1. The summed E-state index contributed by atoms with van der Waals surface area (Å²) >= 11 is 0. The van der Waals surface area contributed by atoms with E-state index in [2.05, 4.69) is 20.7 Å². The number of nitrogens with zero attached hydrogens (tertiary/aromatic N) is 5. The quantitative estimate of drug-likeness (QED) is 0.141. The molecule has 1 fully saturated rings. The molecule has 0 spiro atoms. The smallest absolute Gasteiger partial charge is 0.364 e. The number of carboxylic acid groups (broad SMARTS) is 1. The van der Waals surface area contributed by atoms with Crippen LogP contribution in [-0.4, -0.2) is 111 Å². The van der Waals surface area contributed by atoms with Gasteiger partial charge in [-0.25, -0.2) is 9.48 Å². The Balaban J connectivity index is 2.09. The van der Waals surface area contributed by atoms with Gasteiger partial charge in [0.15, 0.2) is 23.1 Å². The molecule has 6 unspecified atom stereocenters.